The Morgan fingerprint density at radius 2 is 2.15 bits per heavy atom. The molecule has 0 saturated heterocycles. The number of nitrogens with zero attached hydrogens (tertiary/aromatic N) is 2. The van der Waals surface area contributed by atoms with Gasteiger partial charge in [0.2, 0.25) is 0 Å². The molecule has 20 heavy (non-hydrogen) atoms. The first-order valence-corrected chi connectivity index (χ1v) is 7.77. The van der Waals surface area contributed by atoms with Crippen molar-refractivity contribution in [1.82, 2.24) is 15.1 Å². The lowest BCUT2D eigenvalue weighted by molar-refractivity contribution is 0.189. The van der Waals surface area contributed by atoms with Crippen molar-refractivity contribution in [1.29, 1.82) is 0 Å². The maximum atomic E-state index is 5.10. The molecule has 116 valence electrons. The van der Waals surface area contributed by atoms with E-state index in [9.17, 15) is 0 Å². The van der Waals surface area contributed by atoms with Gasteiger partial charge in [-0.3, -0.25) is 4.68 Å². The SMILES string of the molecule is CCCC(C)(CNCCOC)Cc1cc(C)nn1CC. The fourth-order valence-corrected chi connectivity index (χ4v) is 2.86. The highest BCUT2D eigenvalue weighted by Crippen LogP contribution is 2.28. The Kier molecular flexibility index (Phi) is 7.24. The van der Waals surface area contributed by atoms with Crippen LogP contribution < -0.4 is 5.32 Å². The molecule has 0 aliphatic carbocycles. The van der Waals surface area contributed by atoms with Crippen LogP contribution in [-0.4, -0.2) is 36.6 Å². The Bertz CT molecular complexity index is 389. The molecule has 1 aromatic rings. The zero-order chi connectivity index (χ0) is 15.0. The van der Waals surface area contributed by atoms with Gasteiger partial charge in [-0.1, -0.05) is 20.3 Å². The number of hydrogen-bond donors (Lipinski definition) is 1. The van der Waals surface area contributed by atoms with E-state index in [1.807, 2.05) is 0 Å². The third-order valence-electron chi connectivity index (χ3n) is 3.78. The van der Waals surface area contributed by atoms with Gasteiger partial charge in [0.05, 0.1) is 12.3 Å². The average molecular weight is 281 g/mol. The number of ether oxygens (including phenoxy) is 1. The van der Waals surface area contributed by atoms with Gasteiger partial charge in [0, 0.05) is 32.4 Å². The minimum absolute atomic E-state index is 0.280. The van der Waals surface area contributed by atoms with E-state index in [1.54, 1.807) is 7.11 Å². The number of methoxy groups -OCH3 is 1. The van der Waals surface area contributed by atoms with Crippen molar-refractivity contribution in [3.63, 3.8) is 0 Å². The topological polar surface area (TPSA) is 39.1 Å². The number of nitrogens with one attached hydrogen (secondary N) is 1. The van der Waals surface area contributed by atoms with Crippen molar-refractivity contribution in [2.45, 2.75) is 53.5 Å². The van der Waals surface area contributed by atoms with Crippen LogP contribution in [0.15, 0.2) is 6.07 Å². The fraction of sp³-hybridized carbons (Fsp3) is 0.812. The zero-order valence-corrected chi connectivity index (χ0v) is 13.8. The van der Waals surface area contributed by atoms with Gasteiger partial charge in [0.1, 0.15) is 0 Å². The van der Waals surface area contributed by atoms with Gasteiger partial charge in [-0.25, -0.2) is 0 Å². The molecule has 1 rings (SSSR count). The molecule has 0 amide bonds. The summed E-state index contributed by atoms with van der Waals surface area (Å²) < 4.78 is 7.24. The van der Waals surface area contributed by atoms with E-state index in [0.29, 0.717) is 0 Å². The van der Waals surface area contributed by atoms with Crippen molar-refractivity contribution in [2.75, 3.05) is 26.8 Å². The lowest BCUT2D eigenvalue weighted by Gasteiger charge is -2.30. The van der Waals surface area contributed by atoms with Gasteiger partial charge in [0.15, 0.2) is 0 Å². The molecule has 0 radical (unpaired) electrons. The normalized spacial score (nSPS) is 14.4. The Morgan fingerprint density at radius 1 is 1.40 bits per heavy atom. The molecule has 0 saturated carbocycles. The third kappa shape index (κ3) is 5.25. The summed E-state index contributed by atoms with van der Waals surface area (Å²) in [5.41, 5.74) is 2.75. The second-order valence-electron chi connectivity index (χ2n) is 6.00. The summed E-state index contributed by atoms with van der Waals surface area (Å²) in [5.74, 6) is 0. The van der Waals surface area contributed by atoms with Crippen molar-refractivity contribution in [3.8, 4) is 0 Å². The Morgan fingerprint density at radius 3 is 2.75 bits per heavy atom. The summed E-state index contributed by atoms with van der Waals surface area (Å²) in [6, 6.07) is 2.23. The monoisotopic (exact) mass is 281 g/mol. The van der Waals surface area contributed by atoms with Gasteiger partial charge in [-0.15, -0.1) is 0 Å². The predicted octanol–water partition coefficient (Wildman–Crippen LogP) is 2.80. The molecule has 1 atom stereocenters. The minimum atomic E-state index is 0.280. The summed E-state index contributed by atoms with van der Waals surface area (Å²) in [4.78, 5) is 0. The van der Waals surface area contributed by atoms with E-state index in [-0.39, 0.29) is 5.41 Å². The second kappa shape index (κ2) is 8.42. The average Bonchev–Trinajstić information content (AvgIpc) is 2.75. The highest BCUT2D eigenvalue weighted by Gasteiger charge is 2.25. The number of rotatable bonds is 10. The highest BCUT2D eigenvalue weighted by molar-refractivity contribution is 5.11. The molecule has 0 aliphatic rings. The Labute approximate surface area is 123 Å². The van der Waals surface area contributed by atoms with E-state index >= 15 is 0 Å². The van der Waals surface area contributed by atoms with Crippen LogP contribution >= 0.6 is 0 Å². The van der Waals surface area contributed by atoms with Gasteiger partial charge in [-0.05, 0) is 38.2 Å². The third-order valence-corrected chi connectivity index (χ3v) is 3.78. The molecule has 0 spiro atoms. The van der Waals surface area contributed by atoms with E-state index in [0.717, 1.165) is 38.4 Å². The summed E-state index contributed by atoms with van der Waals surface area (Å²) in [7, 11) is 1.75. The van der Waals surface area contributed by atoms with E-state index in [1.165, 1.54) is 18.5 Å². The highest BCUT2D eigenvalue weighted by atomic mass is 16.5. The zero-order valence-electron chi connectivity index (χ0n) is 13.8. The molecule has 4 nitrogen and oxygen atoms in total. The first kappa shape index (κ1) is 17.2. The van der Waals surface area contributed by atoms with Crippen molar-refractivity contribution in [3.05, 3.63) is 17.5 Å². The van der Waals surface area contributed by atoms with Crippen molar-refractivity contribution in [2.24, 2.45) is 5.41 Å². The summed E-state index contributed by atoms with van der Waals surface area (Å²) in [6.07, 6.45) is 3.51. The molecular formula is C16H31N3O. The molecule has 1 N–H and O–H groups in total. The van der Waals surface area contributed by atoms with Gasteiger partial charge < -0.3 is 10.1 Å². The van der Waals surface area contributed by atoms with Gasteiger partial charge >= 0.3 is 0 Å². The smallest absolute Gasteiger partial charge is 0.0596 e. The summed E-state index contributed by atoms with van der Waals surface area (Å²) in [5, 5.41) is 8.08. The predicted molar refractivity (Wildman–Crippen MR) is 84.1 cm³/mol. The van der Waals surface area contributed by atoms with Crippen LogP contribution in [0.5, 0.6) is 0 Å². The van der Waals surface area contributed by atoms with E-state index in [4.69, 9.17) is 4.74 Å². The summed E-state index contributed by atoms with van der Waals surface area (Å²) >= 11 is 0. The fourth-order valence-electron chi connectivity index (χ4n) is 2.86. The molecule has 0 fully saturated rings. The molecule has 4 heteroatoms. The molecule has 1 heterocycles. The van der Waals surface area contributed by atoms with Crippen LogP contribution in [0.3, 0.4) is 0 Å². The maximum absolute atomic E-state index is 5.10. The number of aromatic nitrogens is 2. The lowest BCUT2D eigenvalue weighted by atomic mass is 9.81. The molecule has 0 aromatic carbocycles. The molecular weight excluding hydrogens is 250 g/mol. The summed E-state index contributed by atoms with van der Waals surface area (Å²) in [6.45, 7) is 12.5. The van der Waals surface area contributed by atoms with Gasteiger partial charge in [0.25, 0.3) is 0 Å². The lowest BCUT2D eigenvalue weighted by Crippen LogP contribution is -2.35. The molecule has 1 unspecified atom stereocenters. The van der Waals surface area contributed by atoms with Crippen LogP contribution in [-0.2, 0) is 17.7 Å². The minimum Gasteiger partial charge on any atom is -0.383 e. The Balaban J connectivity index is 2.68. The van der Waals surface area contributed by atoms with E-state index in [2.05, 4.69) is 48.9 Å². The van der Waals surface area contributed by atoms with Crippen LogP contribution in [0.2, 0.25) is 0 Å². The van der Waals surface area contributed by atoms with Crippen LogP contribution in [0, 0.1) is 12.3 Å². The number of aryl methyl sites for hydroxylation is 2. The second-order valence-corrected chi connectivity index (χ2v) is 6.00. The van der Waals surface area contributed by atoms with Crippen molar-refractivity contribution >= 4 is 0 Å². The maximum Gasteiger partial charge on any atom is 0.0596 e. The van der Waals surface area contributed by atoms with E-state index < -0.39 is 0 Å². The molecule has 0 aliphatic heterocycles. The van der Waals surface area contributed by atoms with Crippen LogP contribution in [0.25, 0.3) is 0 Å². The quantitative estimate of drug-likeness (QED) is 0.670. The van der Waals surface area contributed by atoms with Crippen LogP contribution in [0.4, 0.5) is 0 Å². The van der Waals surface area contributed by atoms with Crippen molar-refractivity contribution < 1.29 is 4.74 Å². The molecule has 1 aromatic heterocycles. The van der Waals surface area contributed by atoms with Gasteiger partial charge in [-0.2, -0.15) is 5.10 Å². The Hall–Kier alpha value is -0.870. The first-order chi connectivity index (χ1) is 9.54. The first-order valence-electron chi connectivity index (χ1n) is 7.77. The number of hydrogen-bond acceptors (Lipinski definition) is 3. The largest absolute Gasteiger partial charge is 0.383 e. The standard InChI is InChI=1S/C16H31N3O/c1-6-8-16(4,13-17-9-10-20-5)12-15-11-14(3)18-19(15)7-2/h11,17H,6-10,12-13H2,1-5H3. The van der Waals surface area contributed by atoms with Crippen LogP contribution in [0.1, 0.15) is 45.0 Å². The molecule has 0 bridgehead atoms.